The first-order valence-electron chi connectivity index (χ1n) is 28.1. The number of benzene rings is 6. The second-order valence-corrected chi connectivity index (χ2v) is 25.5. The Bertz CT molecular complexity index is 2760. The lowest BCUT2D eigenvalue weighted by Crippen LogP contribution is -2.41. The molecule has 4 heterocycles. The molecule has 6 aromatic carbocycles. The first-order chi connectivity index (χ1) is 36.5. The molecule has 10 nitrogen and oxygen atoms in total. The number of hydrogen-bond acceptors (Lipinski definition) is 10. The van der Waals surface area contributed by atoms with Gasteiger partial charge in [-0.25, -0.2) is 0 Å². The van der Waals surface area contributed by atoms with Crippen molar-refractivity contribution in [2.24, 2.45) is 0 Å². The van der Waals surface area contributed by atoms with E-state index >= 15 is 0 Å². The maximum absolute atomic E-state index is 6.30. The summed E-state index contributed by atoms with van der Waals surface area (Å²) < 4.78 is 50.2. The molecule has 4 aliphatic heterocycles. The summed E-state index contributed by atoms with van der Waals surface area (Å²) in [5.41, 5.74) is 8.84. The average Bonchev–Trinajstić information content (AvgIpc) is 4.01. The van der Waals surface area contributed by atoms with E-state index in [1.54, 1.807) is 0 Å². The number of para-hydroxylation sites is 1. The van der Waals surface area contributed by atoms with Crippen molar-refractivity contribution >= 4 is 84.4 Å². The van der Waals surface area contributed by atoms with E-state index in [0.29, 0.717) is 0 Å². The first-order valence-corrected chi connectivity index (χ1v) is 28.1. The van der Waals surface area contributed by atoms with E-state index in [-0.39, 0.29) is 73.3 Å². The predicted molar refractivity (Wildman–Crippen MR) is 324 cm³/mol. The number of hydrogen-bond donors (Lipinski definition) is 0. The van der Waals surface area contributed by atoms with Crippen molar-refractivity contribution in [1.29, 1.82) is 0 Å². The second kappa shape index (κ2) is 21.4. The molecule has 14 heteroatoms. The van der Waals surface area contributed by atoms with Gasteiger partial charge in [-0.3, -0.25) is 0 Å². The fraction of sp³-hybridized carbons (Fsp3) is 0.438. The van der Waals surface area contributed by atoms with Gasteiger partial charge in [0, 0.05) is 34.1 Å². The lowest BCUT2D eigenvalue weighted by atomic mass is 9.79. The van der Waals surface area contributed by atoms with Crippen molar-refractivity contribution in [3.63, 3.8) is 0 Å². The summed E-state index contributed by atoms with van der Waals surface area (Å²) in [5, 5.41) is 0. The van der Waals surface area contributed by atoms with Gasteiger partial charge < -0.3 is 47.0 Å². The van der Waals surface area contributed by atoms with Crippen molar-refractivity contribution in [1.82, 2.24) is 0 Å². The predicted octanol–water partition coefficient (Wildman–Crippen LogP) is 12.9. The lowest BCUT2D eigenvalue weighted by molar-refractivity contribution is 0.00578. The van der Waals surface area contributed by atoms with Crippen LogP contribution in [0.1, 0.15) is 136 Å². The van der Waals surface area contributed by atoms with E-state index in [1.807, 2.05) is 6.07 Å². The van der Waals surface area contributed by atoms with Crippen molar-refractivity contribution in [3.8, 4) is 0 Å². The molecule has 10 rings (SSSR count). The summed E-state index contributed by atoms with van der Waals surface area (Å²) in [6.45, 7) is 35.5. The molecule has 0 N–H and O–H groups in total. The summed E-state index contributed by atoms with van der Waals surface area (Å²) in [5.74, 6) is 0. The third-order valence-corrected chi connectivity index (χ3v) is 17.7. The highest BCUT2D eigenvalue weighted by molar-refractivity contribution is 6.63. The van der Waals surface area contributed by atoms with E-state index in [1.165, 1.54) is 18.4 Å². The molecule has 0 bridgehead atoms. The van der Waals surface area contributed by atoms with Gasteiger partial charge in [-0.1, -0.05) is 92.2 Å². The van der Waals surface area contributed by atoms with Crippen LogP contribution >= 0.6 is 0 Å². The van der Waals surface area contributed by atoms with Crippen LogP contribution in [0.2, 0.25) is 0 Å². The molecule has 0 saturated carbocycles. The standard InChI is InChI=1S/C34H45B2NO4.C30H37B2NO4/c1-10-11-12-25-13-19-28(20-14-25)37(29-21-15-26(16-22-29)35-38-31(2,3)32(4,5)39-35)30-23-17-27(18-24-30)36-40-33(6,7)34(8,9)41-36;1-27(2)28(3,4)35-31(34-27)22-14-18-25(19-15-22)33(24-12-10-9-11-13-24)26-20-16-23(17-21-26)32-36-29(5,6)30(7,8)37-32/h13-24H,10-12H2,1-9H3;9-21H,1-8H3. The van der Waals surface area contributed by atoms with Gasteiger partial charge >= 0.3 is 28.5 Å². The lowest BCUT2D eigenvalue weighted by Gasteiger charge is -2.32. The number of nitrogens with zero attached hydrogens (tertiary/aromatic N) is 2. The zero-order chi connectivity index (χ0) is 56.3. The SMILES string of the molecule is CC1(C)OB(c2ccc(N(c3ccccc3)c3ccc(B4OC(C)(C)C(C)(C)O4)cc3)cc2)OC1(C)C.CCCCc1ccc(N(c2ccc(B3OC(C)(C)C(C)(C)O3)cc2)c2ccc(B3OC(C)(C)C(C)(C)O3)cc2)cc1. The zero-order valence-electron chi connectivity index (χ0n) is 49.5. The van der Waals surface area contributed by atoms with Gasteiger partial charge in [0.25, 0.3) is 0 Å². The van der Waals surface area contributed by atoms with Gasteiger partial charge in [-0.05, 0) is 224 Å². The molecule has 0 radical (unpaired) electrons. The Morgan fingerprint density at radius 3 is 0.705 bits per heavy atom. The molecule has 408 valence electrons. The van der Waals surface area contributed by atoms with Crippen molar-refractivity contribution in [2.45, 2.75) is 182 Å². The summed E-state index contributed by atoms with van der Waals surface area (Å²) in [6, 6.07) is 53.2. The highest BCUT2D eigenvalue weighted by atomic mass is 16.7. The van der Waals surface area contributed by atoms with E-state index in [2.05, 4.69) is 273 Å². The van der Waals surface area contributed by atoms with Crippen molar-refractivity contribution in [2.75, 3.05) is 9.80 Å². The van der Waals surface area contributed by atoms with E-state index in [0.717, 1.165) is 62.4 Å². The summed E-state index contributed by atoms with van der Waals surface area (Å²) >= 11 is 0. The van der Waals surface area contributed by atoms with Gasteiger partial charge in [0.15, 0.2) is 0 Å². The molecular weight excluding hydrogens is 968 g/mol. The van der Waals surface area contributed by atoms with Crippen LogP contribution in [0.25, 0.3) is 0 Å². The molecule has 0 amide bonds. The molecule has 4 saturated heterocycles. The normalized spacial score (nSPS) is 20.8. The second-order valence-electron chi connectivity index (χ2n) is 25.5. The molecule has 0 atom stereocenters. The number of aryl methyl sites for hydroxylation is 1. The molecule has 78 heavy (non-hydrogen) atoms. The molecule has 4 aliphatic rings. The minimum Gasteiger partial charge on any atom is -0.399 e. The van der Waals surface area contributed by atoms with Crippen LogP contribution < -0.4 is 31.7 Å². The van der Waals surface area contributed by atoms with Crippen LogP contribution in [-0.4, -0.2) is 73.3 Å². The zero-order valence-corrected chi connectivity index (χ0v) is 49.5. The first kappa shape index (κ1) is 57.5. The number of unbranched alkanes of at least 4 members (excludes halogenated alkanes) is 1. The Kier molecular flexibility index (Phi) is 15.8. The smallest absolute Gasteiger partial charge is 0.399 e. The summed E-state index contributed by atoms with van der Waals surface area (Å²) in [4.78, 5) is 4.52. The van der Waals surface area contributed by atoms with Crippen LogP contribution in [0.3, 0.4) is 0 Å². The monoisotopic (exact) mass is 1050 g/mol. The third kappa shape index (κ3) is 11.6. The van der Waals surface area contributed by atoms with Gasteiger partial charge in [0.1, 0.15) is 0 Å². The van der Waals surface area contributed by atoms with Crippen molar-refractivity contribution in [3.05, 3.63) is 157 Å². The minimum atomic E-state index is -0.389. The minimum absolute atomic E-state index is 0.370. The quantitative estimate of drug-likeness (QED) is 0.104. The average molecular weight is 1050 g/mol. The molecular formula is C64H82B4N2O8. The molecule has 4 fully saturated rings. The van der Waals surface area contributed by atoms with E-state index in [4.69, 9.17) is 37.2 Å². The summed E-state index contributed by atoms with van der Waals surface area (Å²) in [6.07, 6.45) is 3.49. The number of rotatable bonds is 13. The Labute approximate surface area is 468 Å². The van der Waals surface area contributed by atoms with Crippen LogP contribution in [0.5, 0.6) is 0 Å². The van der Waals surface area contributed by atoms with E-state index < -0.39 is 0 Å². The van der Waals surface area contributed by atoms with Crippen LogP contribution in [0.15, 0.2) is 152 Å². The Balaban J connectivity index is 0.000000191. The fourth-order valence-corrected chi connectivity index (χ4v) is 9.70. The topological polar surface area (TPSA) is 80.3 Å². The maximum Gasteiger partial charge on any atom is 0.494 e. The van der Waals surface area contributed by atoms with Crippen LogP contribution in [-0.2, 0) is 43.7 Å². The Hall–Kier alpha value is -5.14. The highest BCUT2D eigenvalue weighted by Gasteiger charge is 2.55. The third-order valence-electron chi connectivity index (χ3n) is 17.7. The Morgan fingerprint density at radius 2 is 0.487 bits per heavy atom. The molecule has 6 aromatic rings. The fourth-order valence-electron chi connectivity index (χ4n) is 9.70. The van der Waals surface area contributed by atoms with Gasteiger partial charge in [-0.15, -0.1) is 0 Å². The van der Waals surface area contributed by atoms with E-state index in [9.17, 15) is 0 Å². The van der Waals surface area contributed by atoms with Crippen LogP contribution in [0, 0.1) is 0 Å². The molecule has 0 aliphatic carbocycles. The Morgan fingerprint density at radius 1 is 0.282 bits per heavy atom. The number of anilines is 6. The molecule has 0 unspecified atom stereocenters. The molecule has 0 aromatic heterocycles. The van der Waals surface area contributed by atoms with Crippen molar-refractivity contribution < 1.29 is 37.2 Å². The molecule has 0 spiro atoms. The largest absolute Gasteiger partial charge is 0.494 e. The summed E-state index contributed by atoms with van der Waals surface area (Å²) in [7, 11) is -1.55. The van der Waals surface area contributed by atoms with Gasteiger partial charge in [0.2, 0.25) is 0 Å². The van der Waals surface area contributed by atoms with Gasteiger partial charge in [0.05, 0.1) is 44.8 Å². The van der Waals surface area contributed by atoms with Gasteiger partial charge in [-0.2, -0.15) is 0 Å². The van der Waals surface area contributed by atoms with Crippen LogP contribution in [0.4, 0.5) is 34.1 Å². The highest BCUT2D eigenvalue weighted by Crippen LogP contribution is 2.42. The maximum atomic E-state index is 6.30.